The van der Waals surface area contributed by atoms with Crippen LogP contribution in [0.15, 0.2) is 29.4 Å². The van der Waals surface area contributed by atoms with Crippen molar-refractivity contribution in [1.29, 1.82) is 0 Å². The number of fused-ring (bicyclic) bond motifs is 1. The topological polar surface area (TPSA) is 51.0 Å². The highest BCUT2D eigenvalue weighted by atomic mass is 32.2. The Hall–Kier alpha value is -1.82. The zero-order valence-corrected chi connectivity index (χ0v) is 16.6. The second kappa shape index (κ2) is 6.97. The van der Waals surface area contributed by atoms with Crippen LogP contribution in [-0.4, -0.2) is 38.4 Å². The minimum absolute atomic E-state index is 0.181. The molecule has 142 valence electrons. The lowest BCUT2D eigenvalue weighted by Crippen LogP contribution is -2.34. The second-order valence-corrected chi connectivity index (χ2v) is 9.06. The predicted octanol–water partition coefficient (Wildman–Crippen LogP) is 4.12. The summed E-state index contributed by atoms with van der Waals surface area (Å²) in [5, 5.41) is 9.81. The standard InChI is InChI=1S/C21H26N4OS/c1-24(18-8-4-6-14-5-2-3-7-17(14)18)19(26)13-27-21-23-22-20(15-9-10-15)25(21)16-11-12-16/h2-3,5,7,15-16,18H,4,6,8-13H2,1H3. The van der Waals surface area contributed by atoms with Crippen molar-refractivity contribution < 1.29 is 4.79 Å². The van der Waals surface area contributed by atoms with Crippen LogP contribution < -0.4 is 0 Å². The number of rotatable bonds is 6. The van der Waals surface area contributed by atoms with Gasteiger partial charge < -0.3 is 9.47 Å². The van der Waals surface area contributed by atoms with Gasteiger partial charge in [0.2, 0.25) is 5.91 Å². The van der Waals surface area contributed by atoms with Crippen LogP contribution in [0.2, 0.25) is 0 Å². The molecule has 27 heavy (non-hydrogen) atoms. The summed E-state index contributed by atoms with van der Waals surface area (Å²) in [6.07, 6.45) is 8.23. The Morgan fingerprint density at radius 2 is 2.00 bits per heavy atom. The quantitative estimate of drug-likeness (QED) is 0.705. The molecule has 1 aromatic heterocycles. The van der Waals surface area contributed by atoms with Gasteiger partial charge in [0.25, 0.3) is 0 Å². The van der Waals surface area contributed by atoms with Crippen LogP contribution in [0, 0.1) is 0 Å². The second-order valence-electron chi connectivity index (χ2n) is 8.12. The van der Waals surface area contributed by atoms with Crippen LogP contribution in [0.25, 0.3) is 0 Å². The van der Waals surface area contributed by atoms with E-state index in [0.29, 0.717) is 17.7 Å². The van der Waals surface area contributed by atoms with E-state index < -0.39 is 0 Å². The number of hydrogen-bond donors (Lipinski definition) is 0. The van der Waals surface area contributed by atoms with Gasteiger partial charge in [-0.25, -0.2) is 0 Å². The van der Waals surface area contributed by atoms with Crippen molar-refractivity contribution in [3.05, 3.63) is 41.2 Å². The van der Waals surface area contributed by atoms with Crippen molar-refractivity contribution in [3.63, 3.8) is 0 Å². The maximum Gasteiger partial charge on any atom is 0.233 e. The number of carbonyl (C=O) groups is 1. The molecule has 5 nitrogen and oxygen atoms in total. The Balaban J connectivity index is 1.28. The van der Waals surface area contributed by atoms with Crippen LogP contribution in [0.4, 0.5) is 0 Å². The van der Waals surface area contributed by atoms with Crippen molar-refractivity contribution in [2.24, 2.45) is 0 Å². The highest BCUT2D eigenvalue weighted by molar-refractivity contribution is 7.99. The summed E-state index contributed by atoms with van der Waals surface area (Å²) in [6.45, 7) is 0. The first-order chi connectivity index (χ1) is 13.2. The molecule has 1 aromatic carbocycles. The highest BCUT2D eigenvalue weighted by Gasteiger charge is 2.36. The van der Waals surface area contributed by atoms with E-state index in [4.69, 9.17) is 0 Å². The first-order valence-electron chi connectivity index (χ1n) is 10.1. The number of hydrogen-bond acceptors (Lipinski definition) is 4. The molecule has 1 atom stereocenters. The number of aromatic nitrogens is 3. The van der Waals surface area contributed by atoms with Crippen molar-refractivity contribution >= 4 is 17.7 Å². The van der Waals surface area contributed by atoms with Crippen LogP contribution in [0.5, 0.6) is 0 Å². The van der Waals surface area contributed by atoms with Crippen molar-refractivity contribution in [2.45, 2.75) is 68.1 Å². The third-order valence-corrected chi connectivity index (χ3v) is 7.00. The van der Waals surface area contributed by atoms with Crippen molar-refractivity contribution in [3.8, 4) is 0 Å². The fourth-order valence-electron chi connectivity index (χ4n) is 4.22. The largest absolute Gasteiger partial charge is 0.338 e. The average molecular weight is 383 g/mol. The smallest absolute Gasteiger partial charge is 0.233 e. The van der Waals surface area contributed by atoms with Crippen LogP contribution in [0.3, 0.4) is 0 Å². The molecule has 2 saturated carbocycles. The summed E-state index contributed by atoms with van der Waals surface area (Å²) < 4.78 is 2.32. The summed E-state index contributed by atoms with van der Waals surface area (Å²) >= 11 is 1.56. The molecule has 3 aliphatic carbocycles. The lowest BCUT2D eigenvalue weighted by molar-refractivity contribution is -0.129. The summed E-state index contributed by atoms with van der Waals surface area (Å²) in [7, 11) is 1.96. The molecule has 0 aliphatic heterocycles. The molecule has 0 saturated heterocycles. The van der Waals surface area contributed by atoms with Crippen molar-refractivity contribution in [2.75, 3.05) is 12.8 Å². The zero-order valence-electron chi connectivity index (χ0n) is 15.8. The minimum atomic E-state index is 0.181. The Morgan fingerprint density at radius 3 is 2.78 bits per heavy atom. The molecule has 6 heteroatoms. The first kappa shape index (κ1) is 17.3. The third kappa shape index (κ3) is 3.40. The molecule has 1 amide bonds. The van der Waals surface area contributed by atoms with Gasteiger partial charge in [-0.3, -0.25) is 4.79 Å². The number of amides is 1. The number of aryl methyl sites for hydroxylation is 1. The Labute approximate surface area is 164 Å². The van der Waals surface area contributed by atoms with E-state index in [1.54, 1.807) is 11.8 Å². The number of thioether (sulfide) groups is 1. The molecular weight excluding hydrogens is 356 g/mol. The molecular formula is C21H26N4OS. The monoisotopic (exact) mass is 382 g/mol. The van der Waals surface area contributed by atoms with Gasteiger partial charge in [0.15, 0.2) is 5.16 Å². The molecule has 3 aliphatic rings. The van der Waals surface area contributed by atoms with Gasteiger partial charge in [-0.05, 0) is 56.1 Å². The van der Waals surface area contributed by atoms with Gasteiger partial charge >= 0.3 is 0 Å². The fraction of sp³-hybridized carbons (Fsp3) is 0.571. The predicted molar refractivity (Wildman–Crippen MR) is 106 cm³/mol. The normalized spacial score (nSPS) is 21.7. The molecule has 1 heterocycles. The van der Waals surface area contributed by atoms with Gasteiger partial charge in [-0.2, -0.15) is 0 Å². The highest BCUT2D eigenvalue weighted by Crippen LogP contribution is 2.46. The van der Waals surface area contributed by atoms with Gasteiger partial charge in [-0.15, -0.1) is 10.2 Å². The van der Waals surface area contributed by atoms with Gasteiger partial charge in [0, 0.05) is 19.0 Å². The number of carbonyl (C=O) groups excluding carboxylic acids is 1. The van der Waals surface area contributed by atoms with Gasteiger partial charge in [0.1, 0.15) is 5.82 Å². The maximum absolute atomic E-state index is 12.9. The van der Waals surface area contributed by atoms with Crippen molar-refractivity contribution in [1.82, 2.24) is 19.7 Å². The molecule has 2 aromatic rings. The Kier molecular flexibility index (Phi) is 4.46. The van der Waals surface area contributed by atoms with E-state index in [1.807, 2.05) is 11.9 Å². The Bertz CT molecular complexity index is 856. The molecule has 5 rings (SSSR count). The summed E-state index contributed by atoms with van der Waals surface area (Å²) in [5.41, 5.74) is 2.71. The molecule has 0 radical (unpaired) electrons. The summed E-state index contributed by atoms with van der Waals surface area (Å²) in [4.78, 5) is 14.9. The zero-order chi connectivity index (χ0) is 18.4. The summed E-state index contributed by atoms with van der Waals surface area (Å²) in [5.74, 6) is 2.37. The van der Waals surface area contributed by atoms with Crippen LogP contribution >= 0.6 is 11.8 Å². The van der Waals surface area contributed by atoms with E-state index in [1.165, 1.54) is 36.8 Å². The van der Waals surface area contributed by atoms with Gasteiger partial charge in [-0.1, -0.05) is 36.0 Å². The lowest BCUT2D eigenvalue weighted by atomic mass is 9.87. The van der Waals surface area contributed by atoms with E-state index in [0.717, 1.165) is 30.2 Å². The maximum atomic E-state index is 12.9. The van der Waals surface area contributed by atoms with E-state index in [2.05, 4.69) is 39.0 Å². The molecule has 2 fully saturated rings. The number of benzene rings is 1. The van der Waals surface area contributed by atoms with E-state index in [-0.39, 0.29) is 11.9 Å². The van der Waals surface area contributed by atoms with E-state index in [9.17, 15) is 4.79 Å². The molecule has 0 N–H and O–H groups in total. The van der Waals surface area contributed by atoms with Gasteiger partial charge in [0.05, 0.1) is 11.8 Å². The average Bonchev–Trinajstić information content (AvgIpc) is 3.63. The molecule has 0 bridgehead atoms. The number of nitrogens with zero attached hydrogens (tertiary/aromatic N) is 4. The third-order valence-electron chi connectivity index (χ3n) is 6.07. The Morgan fingerprint density at radius 1 is 1.19 bits per heavy atom. The molecule has 1 unspecified atom stereocenters. The molecule has 0 spiro atoms. The SMILES string of the molecule is CN(C(=O)CSc1nnc(C2CC2)n1C1CC1)C1CCCc2ccccc21. The lowest BCUT2D eigenvalue weighted by Gasteiger charge is -2.33. The van der Waals surface area contributed by atoms with Crippen LogP contribution in [-0.2, 0) is 11.2 Å². The minimum Gasteiger partial charge on any atom is -0.338 e. The van der Waals surface area contributed by atoms with Crippen LogP contribution in [0.1, 0.15) is 73.5 Å². The fourth-order valence-corrected chi connectivity index (χ4v) is 5.15. The summed E-state index contributed by atoms with van der Waals surface area (Å²) in [6, 6.07) is 9.33. The first-order valence-corrected chi connectivity index (χ1v) is 11.1. The van der Waals surface area contributed by atoms with E-state index >= 15 is 0 Å².